The molecule has 0 aliphatic carbocycles. The largest absolute Gasteiger partial charge is 0.467 e. The number of benzene rings is 1. The zero-order valence-corrected chi connectivity index (χ0v) is 12.8. The number of hydrogen-bond acceptors (Lipinski definition) is 5. The lowest BCUT2D eigenvalue weighted by Crippen LogP contribution is -2.26. The van der Waals surface area contributed by atoms with Crippen molar-refractivity contribution < 1.29 is 14.1 Å². The molecule has 1 amide bonds. The predicted molar refractivity (Wildman–Crippen MR) is 84.7 cm³/mol. The first-order valence-corrected chi connectivity index (χ1v) is 7.11. The van der Waals surface area contributed by atoms with Crippen molar-refractivity contribution in [3.63, 3.8) is 0 Å². The Balaban J connectivity index is 1.89. The molecule has 0 spiro atoms. The fourth-order valence-electron chi connectivity index (χ4n) is 2.35. The van der Waals surface area contributed by atoms with E-state index in [2.05, 4.69) is 4.98 Å². The SMILES string of the molecule is CN(Cc1ccco1)C(=O)c1ccc(-n2ccnc2)c([N+](=O)[O-])c1. The number of imidazole rings is 1. The Labute approximate surface area is 137 Å². The van der Waals surface area contributed by atoms with Gasteiger partial charge in [-0.05, 0) is 24.3 Å². The summed E-state index contributed by atoms with van der Waals surface area (Å²) in [5.74, 6) is 0.307. The predicted octanol–water partition coefficient (Wildman–Crippen LogP) is 2.65. The number of carbonyl (C=O) groups excluding carboxylic acids is 1. The van der Waals surface area contributed by atoms with Crippen LogP contribution in [0.25, 0.3) is 5.69 Å². The van der Waals surface area contributed by atoms with Crippen LogP contribution in [0.5, 0.6) is 0 Å². The highest BCUT2D eigenvalue weighted by Gasteiger charge is 2.21. The lowest BCUT2D eigenvalue weighted by atomic mass is 10.1. The minimum absolute atomic E-state index is 0.162. The second-order valence-electron chi connectivity index (χ2n) is 5.17. The minimum Gasteiger partial charge on any atom is -0.467 e. The van der Waals surface area contributed by atoms with E-state index in [9.17, 15) is 14.9 Å². The molecule has 2 aromatic heterocycles. The van der Waals surface area contributed by atoms with E-state index >= 15 is 0 Å². The first-order valence-electron chi connectivity index (χ1n) is 7.11. The van der Waals surface area contributed by atoms with E-state index in [1.807, 2.05) is 0 Å². The summed E-state index contributed by atoms with van der Waals surface area (Å²) >= 11 is 0. The van der Waals surface area contributed by atoms with E-state index < -0.39 is 4.92 Å². The van der Waals surface area contributed by atoms with Gasteiger partial charge in [-0.15, -0.1) is 0 Å². The highest BCUT2D eigenvalue weighted by atomic mass is 16.6. The van der Waals surface area contributed by atoms with Crippen molar-refractivity contribution in [3.05, 3.63) is 76.8 Å². The normalized spacial score (nSPS) is 10.5. The van der Waals surface area contributed by atoms with Gasteiger partial charge in [0.25, 0.3) is 11.6 Å². The standard InChI is InChI=1S/C16H14N4O4/c1-18(10-13-3-2-8-24-13)16(21)12-4-5-14(15(9-12)20(22)23)19-7-6-17-11-19/h2-9,11H,10H2,1H3. The van der Waals surface area contributed by atoms with Gasteiger partial charge in [0.1, 0.15) is 11.4 Å². The molecule has 0 N–H and O–H groups in total. The Morgan fingerprint density at radius 3 is 2.88 bits per heavy atom. The zero-order chi connectivity index (χ0) is 17.1. The van der Waals surface area contributed by atoms with E-state index in [0.717, 1.165) is 0 Å². The molecule has 122 valence electrons. The zero-order valence-electron chi connectivity index (χ0n) is 12.8. The molecule has 0 aliphatic rings. The molecular weight excluding hydrogens is 312 g/mol. The summed E-state index contributed by atoms with van der Waals surface area (Å²) < 4.78 is 6.73. The van der Waals surface area contributed by atoms with E-state index in [0.29, 0.717) is 11.4 Å². The number of carbonyl (C=O) groups is 1. The van der Waals surface area contributed by atoms with Crippen LogP contribution in [-0.4, -0.2) is 32.3 Å². The van der Waals surface area contributed by atoms with Crippen molar-refractivity contribution in [2.24, 2.45) is 0 Å². The topological polar surface area (TPSA) is 94.4 Å². The second kappa shape index (κ2) is 6.37. The van der Waals surface area contributed by atoms with Crippen molar-refractivity contribution in [2.45, 2.75) is 6.54 Å². The summed E-state index contributed by atoms with van der Waals surface area (Å²) in [5.41, 5.74) is 0.424. The maximum absolute atomic E-state index is 12.5. The van der Waals surface area contributed by atoms with Crippen molar-refractivity contribution in [3.8, 4) is 5.69 Å². The van der Waals surface area contributed by atoms with Gasteiger partial charge in [-0.1, -0.05) is 0 Å². The van der Waals surface area contributed by atoms with Crippen LogP contribution in [0, 0.1) is 10.1 Å². The monoisotopic (exact) mass is 326 g/mol. The number of furan rings is 1. The molecular formula is C16H14N4O4. The summed E-state index contributed by atoms with van der Waals surface area (Å²) in [6, 6.07) is 7.86. The third-order valence-electron chi connectivity index (χ3n) is 3.52. The number of rotatable bonds is 5. The molecule has 3 rings (SSSR count). The third kappa shape index (κ3) is 3.02. The van der Waals surface area contributed by atoms with Crippen molar-refractivity contribution >= 4 is 11.6 Å². The Kier molecular flexibility index (Phi) is 4.11. The van der Waals surface area contributed by atoms with Crippen molar-refractivity contribution in [1.29, 1.82) is 0 Å². The van der Waals surface area contributed by atoms with Gasteiger partial charge >= 0.3 is 0 Å². The molecule has 0 unspecified atom stereocenters. The van der Waals surface area contributed by atoms with Gasteiger partial charge in [0.2, 0.25) is 0 Å². The maximum Gasteiger partial charge on any atom is 0.294 e. The van der Waals surface area contributed by atoms with Crippen LogP contribution in [0.2, 0.25) is 0 Å². The number of nitro benzene ring substituents is 1. The number of nitro groups is 1. The van der Waals surface area contributed by atoms with Gasteiger partial charge in [-0.25, -0.2) is 4.98 Å². The summed E-state index contributed by atoms with van der Waals surface area (Å²) in [5, 5.41) is 11.3. The molecule has 0 atom stereocenters. The Morgan fingerprint density at radius 2 is 2.25 bits per heavy atom. The van der Waals surface area contributed by atoms with Crippen LogP contribution in [0.4, 0.5) is 5.69 Å². The quantitative estimate of drug-likeness (QED) is 0.530. The number of amides is 1. The molecule has 0 fully saturated rings. The number of nitrogens with zero attached hydrogens (tertiary/aromatic N) is 4. The summed E-state index contributed by atoms with van der Waals surface area (Å²) in [6.07, 6.45) is 6.12. The molecule has 0 aliphatic heterocycles. The summed E-state index contributed by atoms with van der Waals surface area (Å²) in [6.45, 7) is 0.281. The van der Waals surface area contributed by atoms with Crippen molar-refractivity contribution in [1.82, 2.24) is 14.5 Å². The highest BCUT2D eigenvalue weighted by molar-refractivity contribution is 5.95. The molecule has 1 aromatic carbocycles. The fourth-order valence-corrected chi connectivity index (χ4v) is 2.35. The van der Waals surface area contributed by atoms with Gasteiger partial charge in [-0.3, -0.25) is 14.9 Å². The summed E-state index contributed by atoms with van der Waals surface area (Å²) in [7, 11) is 1.61. The Bertz CT molecular complexity index is 856. The lowest BCUT2D eigenvalue weighted by Gasteiger charge is -2.16. The molecule has 0 saturated heterocycles. The average Bonchev–Trinajstić information content (AvgIpc) is 3.27. The van der Waals surface area contributed by atoms with E-state index in [1.165, 1.54) is 40.4 Å². The molecule has 24 heavy (non-hydrogen) atoms. The van der Waals surface area contributed by atoms with Crippen LogP contribution in [0.15, 0.2) is 59.7 Å². The molecule has 8 heteroatoms. The first kappa shape index (κ1) is 15.5. The highest BCUT2D eigenvalue weighted by Crippen LogP contribution is 2.25. The first-order chi connectivity index (χ1) is 11.6. The molecule has 8 nitrogen and oxygen atoms in total. The molecule has 0 radical (unpaired) electrons. The van der Waals surface area contributed by atoms with Crippen molar-refractivity contribution in [2.75, 3.05) is 7.05 Å². The van der Waals surface area contributed by atoms with Crippen LogP contribution in [-0.2, 0) is 6.54 Å². The average molecular weight is 326 g/mol. The maximum atomic E-state index is 12.5. The van der Waals surface area contributed by atoms with Gasteiger partial charge in [0.15, 0.2) is 0 Å². The van der Waals surface area contributed by atoms with Gasteiger partial charge in [0, 0.05) is 31.1 Å². The van der Waals surface area contributed by atoms with Gasteiger partial charge < -0.3 is 13.9 Å². The van der Waals surface area contributed by atoms with Crippen LogP contribution in [0.3, 0.4) is 0 Å². The van der Waals surface area contributed by atoms with Crippen LogP contribution in [0.1, 0.15) is 16.1 Å². The fraction of sp³-hybridized carbons (Fsp3) is 0.125. The van der Waals surface area contributed by atoms with E-state index in [1.54, 1.807) is 31.4 Å². The lowest BCUT2D eigenvalue weighted by molar-refractivity contribution is -0.384. The molecule has 2 heterocycles. The second-order valence-corrected chi connectivity index (χ2v) is 5.17. The Hall–Kier alpha value is -3.42. The number of aromatic nitrogens is 2. The van der Waals surface area contributed by atoms with Gasteiger partial charge in [0.05, 0.1) is 24.1 Å². The van der Waals surface area contributed by atoms with E-state index in [-0.39, 0.29) is 23.7 Å². The smallest absolute Gasteiger partial charge is 0.294 e. The minimum atomic E-state index is -0.515. The number of hydrogen-bond donors (Lipinski definition) is 0. The molecule has 0 saturated carbocycles. The third-order valence-corrected chi connectivity index (χ3v) is 3.52. The molecule has 3 aromatic rings. The van der Waals surface area contributed by atoms with Crippen LogP contribution < -0.4 is 0 Å². The van der Waals surface area contributed by atoms with Crippen LogP contribution >= 0.6 is 0 Å². The summed E-state index contributed by atoms with van der Waals surface area (Å²) in [4.78, 5) is 28.6. The van der Waals surface area contributed by atoms with E-state index in [4.69, 9.17) is 4.42 Å². The Morgan fingerprint density at radius 1 is 1.42 bits per heavy atom. The molecule has 0 bridgehead atoms. The van der Waals surface area contributed by atoms with Gasteiger partial charge in [-0.2, -0.15) is 0 Å².